The molecule has 0 unspecified atom stereocenters. The summed E-state index contributed by atoms with van der Waals surface area (Å²) in [6.07, 6.45) is 0. The highest BCUT2D eigenvalue weighted by Crippen LogP contribution is 2.36. The molecule has 1 aromatic heterocycles. The molecular formula is C26H16BrCl2N3O3S. The average molecular weight is 601 g/mol. The molecule has 4 aromatic carbocycles. The van der Waals surface area contributed by atoms with E-state index in [1.165, 1.54) is 7.11 Å². The van der Waals surface area contributed by atoms with Crippen LogP contribution in [0.2, 0.25) is 10.0 Å². The van der Waals surface area contributed by atoms with Gasteiger partial charge in [0, 0.05) is 16.3 Å². The van der Waals surface area contributed by atoms with E-state index < -0.39 is 5.91 Å². The summed E-state index contributed by atoms with van der Waals surface area (Å²) in [5, 5.41) is 8.57. The van der Waals surface area contributed by atoms with Gasteiger partial charge in [0.15, 0.2) is 10.7 Å². The van der Waals surface area contributed by atoms with Crippen molar-refractivity contribution in [1.29, 1.82) is 0 Å². The van der Waals surface area contributed by atoms with E-state index in [0.717, 1.165) is 16.3 Å². The average Bonchev–Trinajstić information content (AvgIpc) is 3.29. The van der Waals surface area contributed by atoms with Crippen LogP contribution in [0.15, 0.2) is 75.6 Å². The molecule has 10 heteroatoms. The molecule has 1 amide bonds. The highest BCUT2D eigenvalue weighted by Gasteiger charge is 2.19. The van der Waals surface area contributed by atoms with Gasteiger partial charge in [-0.2, -0.15) is 0 Å². The van der Waals surface area contributed by atoms with Crippen molar-refractivity contribution in [3.8, 4) is 17.2 Å². The number of thiocarbonyl (C=S) groups is 1. The Morgan fingerprint density at radius 1 is 1.08 bits per heavy atom. The molecule has 6 nitrogen and oxygen atoms in total. The Labute approximate surface area is 229 Å². The molecule has 2 N–H and O–H groups in total. The number of anilines is 1. The van der Waals surface area contributed by atoms with Crippen LogP contribution in [-0.2, 0) is 0 Å². The Bertz CT molecular complexity index is 1650. The van der Waals surface area contributed by atoms with Crippen molar-refractivity contribution < 1.29 is 13.9 Å². The van der Waals surface area contributed by atoms with Gasteiger partial charge < -0.3 is 14.5 Å². The molecule has 5 rings (SSSR count). The Kier molecular flexibility index (Phi) is 6.85. The first-order valence-corrected chi connectivity index (χ1v) is 12.5. The number of carbonyl (C=O) groups excluding carboxylic acids is 1. The summed E-state index contributed by atoms with van der Waals surface area (Å²) in [5.74, 6) is 0.443. The van der Waals surface area contributed by atoms with Gasteiger partial charge in [0.2, 0.25) is 5.89 Å². The van der Waals surface area contributed by atoms with Crippen molar-refractivity contribution in [2.24, 2.45) is 0 Å². The maximum Gasteiger partial charge on any atom is 0.261 e. The lowest BCUT2D eigenvalue weighted by molar-refractivity contribution is 0.0975. The summed E-state index contributed by atoms with van der Waals surface area (Å²) >= 11 is 21.2. The number of ether oxygens (including phenoxy) is 1. The fourth-order valence-electron chi connectivity index (χ4n) is 3.76. The number of aromatic nitrogens is 1. The first-order valence-electron chi connectivity index (χ1n) is 10.6. The van der Waals surface area contributed by atoms with Crippen LogP contribution in [0.1, 0.15) is 10.4 Å². The number of amides is 1. The third-order valence-corrected chi connectivity index (χ3v) is 6.91. The topological polar surface area (TPSA) is 76.4 Å². The predicted molar refractivity (Wildman–Crippen MR) is 151 cm³/mol. The summed E-state index contributed by atoms with van der Waals surface area (Å²) in [6.45, 7) is 0. The second kappa shape index (κ2) is 10.1. The van der Waals surface area contributed by atoms with Crippen molar-refractivity contribution in [2.75, 3.05) is 12.4 Å². The van der Waals surface area contributed by atoms with Crippen molar-refractivity contribution in [2.45, 2.75) is 0 Å². The van der Waals surface area contributed by atoms with E-state index >= 15 is 0 Å². The van der Waals surface area contributed by atoms with Crippen molar-refractivity contribution in [3.05, 3.63) is 86.8 Å². The Balaban J connectivity index is 1.31. The number of oxazole rings is 1. The zero-order valence-electron chi connectivity index (χ0n) is 18.6. The molecule has 0 aliphatic carbocycles. The minimum Gasteiger partial charge on any atom is -0.495 e. The van der Waals surface area contributed by atoms with Gasteiger partial charge in [0.05, 0.1) is 22.2 Å². The fraction of sp³-hybridized carbons (Fsp3) is 0.0385. The number of halogens is 3. The molecule has 0 aliphatic heterocycles. The number of rotatable bonds is 4. The summed E-state index contributed by atoms with van der Waals surface area (Å²) < 4.78 is 12.0. The third kappa shape index (κ3) is 4.77. The molecule has 180 valence electrons. The monoisotopic (exact) mass is 599 g/mol. The number of methoxy groups -OCH3 is 1. The summed E-state index contributed by atoms with van der Waals surface area (Å²) in [4.78, 5) is 17.5. The number of hydrogen-bond acceptors (Lipinski definition) is 5. The SMILES string of the molecule is COc1c(C(=O)NC(=S)Nc2ccc(-c3nc4cc(Cl)cc(Cl)c4o3)cc2)cc2ccccc2c1Br. The standard InChI is InChI=1S/C26H16BrCl2N3O3S/c1-34-22-18(10-14-4-2-3-5-17(14)21(22)27)24(33)32-26(36)30-16-8-6-13(7-9-16)25-31-20-12-15(28)11-19(29)23(20)35-25/h2-12H,1H3,(H2,30,32,33,36). The van der Waals surface area contributed by atoms with Crippen LogP contribution in [0.4, 0.5) is 5.69 Å². The van der Waals surface area contributed by atoms with Gasteiger partial charge in [-0.05, 0) is 81.4 Å². The van der Waals surface area contributed by atoms with Crippen molar-refractivity contribution in [1.82, 2.24) is 10.3 Å². The van der Waals surface area contributed by atoms with Crippen molar-refractivity contribution in [3.63, 3.8) is 0 Å². The summed E-state index contributed by atoms with van der Waals surface area (Å²) in [5.41, 5.74) is 2.82. The Hall–Kier alpha value is -3.17. The highest BCUT2D eigenvalue weighted by molar-refractivity contribution is 9.10. The van der Waals surface area contributed by atoms with Crippen molar-refractivity contribution >= 4 is 89.9 Å². The van der Waals surface area contributed by atoms with E-state index in [9.17, 15) is 4.79 Å². The molecule has 0 aliphatic rings. The quantitative estimate of drug-likeness (QED) is 0.205. The molecule has 0 radical (unpaired) electrons. The molecule has 0 bridgehead atoms. The van der Waals surface area contributed by atoms with Gasteiger partial charge in [-0.25, -0.2) is 4.98 Å². The van der Waals surface area contributed by atoms with Gasteiger partial charge >= 0.3 is 0 Å². The Morgan fingerprint density at radius 2 is 1.83 bits per heavy atom. The molecular weight excluding hydrogens is 585 g/mol. The molecule has 5 aromatic rings. The first kappa shape index (κ1) is 24.5. The van der Waals surface area contributed by atoms with Gasteiger partial charge in [0.25, 0.3) is 5.91 Å². The van der Waals surface area contributed by atoms with E-state index in [4.69, 9.17) is 44.6 Å². The number of benzene rings is 4. The minimum absolute atomic E-state index is 0.141. The van der Waals surface area contributed by atoms with Crippen LogP contribution < -0.4 is 15.4 Å². The van der Waals surface area contributed by atoms with Crippen LogP contribution in [-0.4, -0.2) is 23.1 Å². The lowest BCUT2D eigenvalue weighted by atomic mass is 10.1. The van der Waals surface area contributed by atoms with E-state index in [-0.39, 0.29) is 5.11 Å². The minimum atomic E-state index is -0.394. The predicted octanol–water partition coefficient (Wildman–Crippen LogP) is 7.85. The number of nitrogens with zero attached hydrogens (tertiary/aromatic N) is 1. The second-order valence-corrected chi connectivity index (χ2v) is 9.78. The molecule has 1 heterocycles. The number of fused-ring (bicyclic) bond motifs is 2. The van der Waals surface area contributed by atoms with Crippen LogP contribution in [0.5, 0.6) is 5.75 Å². The fourth-order valence-corrected chi connectivity index (χ4v) is 5.23. The highest BCUT2D eigenvalue weighted by atomic mass is 79.9. The molecule has 0 saturated heterocycles. The number of hydrogen-bond donors (Lipinski definition) is 2. The van der Waals surface area contributed by atoms with E-state index in [1.54, 1.807) is 30.3 Å². The molecule has 0 saturated carbocycles. The lowest BCUT2D eigenvalue weighted by Gasteiger charge is -2.14. The van der Waals surface area contributed by atoms with E-state index in [2.05, 4.69) is 31.5 Å². The summed E-state index contributed by atoms with van der Waals surface area (Å²) in [7, 11) is 1.52. The smallest absolute Gasteiger partial charge is 0.261 e. The molecule has 0 fully saturated rings. The van der Waals surface area contributed by atoms with Gasteiger partial charge in [-0.3, -0.25) is 10.1 Å². The number of nitrogens with one attached hydrogen (secondary N) is 2. The van der Waals surface area contributed by atoms with Gasteiger partial charge in [0.1, 0.15) is 11.3 Å². The zero-order valence-corrected chi connectivity index (χ0v) is 22.5. The maximum atomic E-state index is 13.0. The number of carbonyl (C=O) groups is 1. The molecule has 36 heavy (non-hydrogen) atoms. The van der Waals surface area contributed by atoms with Gasteiger partial charge in [-0.1, -0.05) is 47.5 Å². The second-order valence-electron chi connectivity index (χ2n) is 7.73. The van der Waals surface area contributed by atoms with Crippen LogP contribution >= 0.6 is 51.3 Å². The first-order chi connectivity index (χ1) is 17.3. The van der Waals surface area contributed by atoms with Gasteiger partial charge in [-0.15, -0.1) is 0 Å². The third-order valence-electron chi connectivity index (χ3n) is 5.42. The summed E-state index contributed by atoms with van der Waals surface area (Å²) in [6, 6.07) is 20.0. The largest absolute Gasteiger partial charge is 0.495 e. The maximum absolute atomic E-state index is 13.0. The van der Waals surface area contributed by atoms with Crippen LogP contribution in [0.3, 0.4) is 0 Å². The van der Waals surface area contributed by atoms with Crippen LogP contribution in [0.25, 0.3) is 33.3 Å². The normalized spacial score (nSPS) is 11.0. The van der Waals surface area contributed by atoms with Crippen LogP contribution in [0, 0.1) is 0 Å². The lowest BCUT2D eigenvalue weighted by Crippen LogP contribution is -2.34. The zero-order chi connectivity index (χ0) is 25.4. The van der Waals surface area contributed by atoms with E-state index in [0.29, 0.717) is 48.5 Å². The molecule has 0 spiro atoms. The Morgan fingerprint density at radius 3 is 2.58 bits per heavy atom. The molecule has 0 atom stereocenters. The van der Waals surface area contributed by atoms with E-state index in [1.807, 2.05) is 36.4 Å².